The van der Waals surface area contributed by atoms with E-state index in [0.29, 0.717) is 43.2 Å². The average molecular weight is 257 g/mol. The summed E-state index contributed by atoms with van der Waals surface area (Å²) < 4.78 is 34.1. The van der Waals surface area contributed by atoms with Gasteiger partial charge in [0.25, 0.3) is 0 Å². The van der Waals surface area contributed by atoms with Crippen molar-refractivity contribution in [1.29, 1.82) is 0 Å². The van der Waals surface area contributed by atoms with Gasteiger partial charge >= 0.3 is 0 Å². The number of benzene rings is 1. The van der Waals surface area contributed by atoms with Crippen LogP contribution >= 0.6 is 0 Å². The third-order valence-electron chi connectivity index (χ3n) is 2.54. The fourth-order valence-corrected chi connectivity index (χ4v) is 2.77. The second kappa shape index (κ2) is 4.54. The molecule has 1 heterocycles. The molecule has 2 N–H and O–H groups in total. The minimum absolute atomic E-state index is 0.271. The lowest BCUT2D eigenvalue weighted by Crippen LogP contribution is -2.17. The van der Waals surface area contributed by atoms with Crippen LogP contribution in [0.5, 0.6) is 11.5 Å². The SMILES string of the molecule is CS(=O)(=O)c1cc2c(cc1CCN)OCCO2. The highest BCUT2D eigenvalue weighted by Crippen LogP contribution is 2.35. The molecule has 0 radical (unpaired) electrons. The lowest BCUT2D eigenvalue weighted by atomic mass is 10.1. The molecule has 0 unspecified atom stereocenters. The van der Waals surface area contributed by atoms with Crippen LogP contribution in [0.4, 0.5) is 0 Å². The number of hydrogen-bond donors (Lipinski definition) is 1. The van der Waals surface area contributed by atoms with Crippen molar-refractivity contribution in [2.75, 3.05) is 26.0 Å². The first-order valence-corrected chi connectivity index (χ1v) is 7.24. The molecule has 0 atom stereocenters. The molecule has 0 amide bonds. The summed E-state index contributed by atoms with van der Waals surface area (Å²) in [6.45, 7) is 1.31. The Morgan fingerprint density at radius 3 is 2.35 bits per heavy atom. The lowest BCUT2D eigenvalue weighted by molar-refractivity contribution is 0.171. The molecule has 0 bridgehead atoms. The van der Waals surface area contributed by atoms with E-state index in [1.54, 1.807) is 6.07 Å². The van der Waals surface area contributed by atoms with Gasteiger partial charge in [-0.1, -0.05) is 0 Å². The van der Waals surface area contributed by atoms with Gasteiger partial charge in [-0.15, -0.1) is 0 Å². The van der Waals surface area contributed by atoms with Crippen molar-refractivity contribution < 1.29 is 17.9 Å². The minimum Gasteiger partial charge on any atom is -0.486 e. The van der Waals surface area contributed by atoms with E-state index in [-0.39, 0.29) is 4.90 Å². The molecule has 1 aliphatic rings. The van der Waals surface area contributed by atoms with Crippen LogP contribution in [0.2, 0.25) is 0 Å². The van der Waals surface area contributed by atoms with Crippen molar-refractivity contribution in [2.24, 2.45) is 5.73 Å². The minimum atomic E-state index is -3.28. The van der Waals surface area contributed by atoms with Crippen molar-refractivity contribution in [3.63, 3.8) is 0 Å². The fourth-order valence-electron chi connectivity index (χ4n) is 1.81. The summed E-state index contributed by atoms with van der Waals surface area (Å²) in [6.07, 6.45) is 1.68. The maximum atomic E-state index is 11.7. The van der Waals surface area contributed by atoms with Crippen LogP contribution in [0, 0.1) is 0 Å². The molecule has 94 valence electrons. The molecule has 1 aromatic rings. The van der Waals surface area contributed by atoms with Crippen LogP contribution in [0.3, 0.4) is 0 Å². The van der Waals surface area contributed by atoms with E-state index < -0.39 is 9.84 Å². The Hall–Kier alpha value is -1.27. The summed E-state index contributed by atoms with van der Waals surface area (Å²) in [5.74, 6) is 1.07. The van der Waals surface area contributed by atoms with Gasteiger partial charge in [0.1, 0.15) is 13.2 Å². The largest absolute Gasteiger partial charge is 0.486 e. The zero-order chi connectivity index (χ0) is 12.5. The lowest BCUT2D eigenvalue weighted by Gasteiger charge is -2.20. The first-order chi connectivity index (χ1) is 8.02. The average Bonchev–Trinajstić information content (AvgIpc) is 2.27. The number of sulfone groups is 1. The van der Waals surface area contributed by atoms with Crippen molar-refractivity contribution in [3.8, 4) is 11.5 Å². The van der Waals surface area contributed by atoms with E-state index in [4.69, 9.17) is 15.2 Å². The van der Waals surface area contributed by atoms with Gasteiger partial charge < -0.3 is 15.2 Å². The van der Waals surface area contributed by atoms with E-state index in [1.165, 1.54) is 12.3 Å². The van der Waals surface area contributed by atoms with Crippen LogP contribution in [0.25, 0.3) is 0 Å². The molecule has 0 saturated carbocycles. The quantitative estimate of drug-likeness (QED) is 0.846. The van der Waals surface area contributed by atoms with Gasteiger partial charge in [-0.2, -0.15) is 0 Å². The van der Waals surface area contributed by atoms with E-state index >= 15 is 0 Å². The number of fused-ring (bicyclic) bond motifs is 1. The summed E-state index contributed by atoms with van der Waals surface area (Å²) in [5, 5.41) is 0. The molecule has 0 spiro atoms. The van der Waals surface area contributed by atoms with Gasteiger partial charge in [-0.3, -0.25) is 0 Å². The smallest absolute Gasteiger partial charge is 0.175 e. The van der Waals surface area contributed by atoms with Crippen molar-refractivity contribution >= 4 is 9.84 Å². The Bertz CT molecular complexity index is 525. The summed E-state index contributed by atoms with van der Waals surface area (Å²) in [6, 6.07) is 3.23. The number of hydrogen-bond acceptors (Lipinski definition) is 5. The summed E-state index contributed by atoms with van der Waals surface area (Å²) in [4.78, 5) is 0.271. The van der Waals surface area contributed by atoms with Crippen LogP contribution in [-0.4, -0.2) is 34.4 Å². The number of nitrogens with two attached hydrogens (primary N) is 1. The van der Waals surface area contributed by atoms with E-state index in [0.717, 1.165) is 0 Å². The molecule has 17 heavy (non-hydrogen) atoms. The fraction of sp³-hybridized carbons (Fsp3) is 0.455. The molecule has 5 nitrogen and oxygen atoms in total. The zero-order valence-electron chi connectivity index (χ0n) is 9.60. The zero-order valence-corrected chi connectivity index (χ0v) is 10.4. The third kappa shape index (κ3) is 2.53. The van der Waals surface area contributed by atoms with Crippen molar-refractivity contribution in [2.45, 2.75) is 11.3 Å². The molecule has 1 aromatic carbocycles. The van der Waals surface area contributed by atoms with E-state index in [2.05, 4.69) is 0 Å². The van der Waals surface area contributed by atoms with Gasteiger partial charge in [0, 0.05) is 12.3 Å². The topological polar surface area (TPSA) is 78.6 Å². The van der Waals surface area contributed by atoms with Gasteiger partial charge in [0.05, 0.1) is 4.90 Å². The normalized spacial score (nSPS) is 14.7. The van der Waals surface area contributed by atoms with E-state index in [9.17, 15) is 8.42 Å². The van der Waals surface area contributed by atoms with Crippen molar-refractivity contribution in [3.05, 3.63) is 17.7 Å². The van der Waals surface area contributed by atoms with E-state index in [1.807, 2.05) is 0 Å². The molecule has 0 fully saturated rings. The van der Waals surface area contributed by atoms with Crippen LogP contribution in [0.15, 0.2) is 17.0 Å². The predicted octanol–water partition coefficient (Wildman–Crippen LogP) is 0.363. The Balaban J connectivity index is 2.56. The van der Waals surface area contributed by atoms with Gasteiger partial charge in [-0.25, -0.2) is 8.42 Å². The first-order valence-electron chi connectivity index (χ1n) is 5.35. The maximum absolute atomic E-state index is 11.7. The maximum Gasteiger partial charge on any atom is 0.175 e. The Morgan fingerprint density at radius 1 is 1.24 bits per heavy atom. The highest BCUT2D eigenvalue weighted by Gasteiger charge is 2.20. The number of rotatable bonds is 3. The Morgan fingerprint density at radius 2 is 1.82 bits per heavy atom. The van der Waals surface area contributed by atoms with Crippen LogP contribution in [-0.2, 0) is 16.3 Å². The van der Waals surface area contributed by atoms with Crippen LogP contribution < -0.4 is 15.2 Å². The summed E-state index contributed by atoms with van der Waals surface area (Å²) >= 11 is 0. The summed E-state index contributed by atoms with van der Waals surface area (Å²) in [7, 11) is -3.28. The second-order valence-corrected chi connectivity index (χ2v) is 5.90. The van der Waals surface area contributed by atoms with Crippen molar-refractivity contribution in [1.82, 2.24) is 0 Å². The molecule has 0 aromatic heterocycles. The highest BCUT2D eigenvalue weighted by atomic mass is 32.2. The molecule has 1 aliphatic heterocycles. The Labute approximate surface area is 100 Å². The highest BCUT2D eigenvalue weighted by molar-refractivity contribution is 7.90. The monoisotopic (exact) mass is 257 g/mol. The molecular formula is C11H15NO4S. The Kier molecular flexibility index (Phi) is 3.26. The molecule has 0 saturated heterocycles. The van der Waals surface area contributed by atoms with Gasteiger partial charge in [0.2, 0.25) is 0 Å². The van der Waals surface area contributed by atoms with Gasteiger partial charge in [-0.05, 0) is 24.6 Å². The molecule has 2 rings (SSSR count). The standard InChI is InChI=1S/C11H15NO4S/c1-17(13,14)11-7-10-9(15-4-5-16-10)6-8(11)2-3-12/h6-7H,2-5,12H2,1H3. The first kappa shape index (κ1) is 12.2. The van der Waals surface area contributed by atoms with Crippen LogP contribution in [0.1, 0.15) is 5.56 Å². The molecule has 0 aliphatic carbocycles. The number of ether oxygens (including phenoxy) is 2. The molecule has 6 heteroatoms. The third-order valence-corrected chi connectivity index (χ3v) is 3.72. The summed E-state index contributed by atoms with van der Waals surface area (Å²) in [5.41, 5.74) is 6.16. The predicted molar refractivity (Wildman–Crippen MR) is 63.3 cm³/mol. The second-order valence-electron chi connectivity index (χ2n) is 3.91. The molecular weight excluding hydrogens is 242 g/mol. The van der Waals surface area contributed by atoms with Gasteiger partial charge in [0.15, 0.2) is 21.3 Å².